The van der Waals surface area contributed by atoms with Crippen molar-refractivity contribution in [2.45, 2.75) is 39.5 Å². The SMILES string of the molecule is COc1c(C)cc(C)c(C(C)(C)CC(=O)O)c1OC. The van der Waals surface area contributed by atoms with Crippen molar-refractivity contribution in [2.75, 3.05) is 14.2 Å². The fraction of sp³-hybridized carbons (Fsp3) is 0.533. The van der Waals surface area contributed by atoms with Gasteiger partial charge in [-0.2, -0.15) is 0 Å². The van der Waals surface area contributed by atoms with Gasteiger partial charge in [-0.1, -0.05) is 19.9 Å². The molecule has 1 rings (SSSR count). The first-order valence-corrected chi connectivity index (χ1v) is 6.19. The highest BCUT2D eigenvalue weighted by atomic mass is 16.5. The number of aliphatic carboxylic acids is 1. The number of carboxylic acid groups (broad SMARTS) is 1. The lowest BCUT2D eigenvalue weighted by Gasteiger charge is -2.29. The first-order chi connectivity index (χ1) is 8.74. The number of carboxylic acids is 1. The van der Waals surface area contributed by atoms with E-state index < -0.39 is 11.4 Å². The van der Waals surface area contributed by atoms with Crippen LogP contribution < -0.4 is 9.47 Å². The summed E-state index contributed by atoms with van der Waals surface area (Å²) in [5, 5.41) is 9.07. The highest BCUT2D eigenvalue weighted by Crippen LogP contribution is 2.44. The van der Waals surface area contributed by atoms with Crippen molar-refractivity contribution in [3.63, 3.8) is 0 Å². The molecule has 0 amide bonds. The summed E-state index contributed by atoms with van der Waals surface area (Å²) in [4.78, 5) is 11.0. The third-order valence-electron chi connectivity index (χ3n) is 3.30. The minimum atomic E-state index is -0.828. The van der Waals surface area contributed by atoms with E-state index in [1.807, 2.05) is 33.8 Å². The average Bonchev–Trinajstić information content (AvgIpc) is 2.25. The van der Waals surface area contributed by atoms with Gasteiger partial charge in [-0.05, 0) is 25.0 Å². The quantitative estimate of drug-likeness (QED) is 0.889. The Bertz CT molecular complexity index is 489. The summed E-state index contributed by atoms with van der Waals surface area (Å²) < 4.78 is 10.9. The van der Waals surface area contributed by atoms with Crippen LogP contribution in [0.1, 0.15) is 37.0 Å². The highest BCUT2D eigenvalue weighted by molar-refractivity contribution is 5.70. The van der Waals surface area contributed by atoms with Crippen LogP contribution in [0.3, 0.4) is 0 Å². The Morgan fingerprint density at radius 2 is 1.68 bits per heavy atom. The van der Waals surface area contributed by atoms with E-state index in [0.29, 0.717) is 11.5 Å². The normalized spacial score (nSPS) is 11.3. The van der Waals surface area contributed by atoms with Crippen molar-refractivity contribution >= 4 is 5.97 Å². The molecule has 4 heteroatoms. The van der Waals surface area contributed by atoms with Crippen LogP contribution in [0.15, 0.2) is 6.07 Å². The molecule has 19 heavy (non-hydrogen) atoms. The van der Waals surface area contributed by atoms with E-state index in [1.165, 1.54) is 0 Å². The number of benzene rings is 1. The van der Waals surface area contributed by atoms with Gasteiger partial charge in [0.05, 0.1) is 20.6 Å². The van der Waals surface area contributed by atoms with E-state index in [9.17, 15) is 4.79 Å². The van der Waals surface area contributed by atoms with Gasteiger partial charge in [0.15, 0.2) is 11.5 Å². The van der Waals surface area contributed by atoms with Gasteiger partial charge in [-0.3, -0.25) is 4.79 Å². The van der Waals surface area contributed by atoms with Crippen LogP contribution in [0.25, 0.3) is 0 Å². The van der Waals surface area contributed by atoms with Gasteiger partial charge in [0.1, 0.15) is 0 Å². The molecule has 0 atom stereocenters. The zero-order valence-electron chi connectivity index (χ0n) is 12.5. The predicted molar refractivity (Wildman–Crippen MR) is 74.3 cm³/mol. The molecule has 1 aromatic carbocycles. The van der Waals surface area contributed by atoms with Crippen LogP contribution in [-0.2, 0) is 10.2 Å². The number of methoxy groups -OCH3 is 2. The molecule has 0 spiro atoms. The molecule has 0 aromatic heterocycles. The van der Waals surface area contributed by atoms with Crippen molar-refractivity contribution in [1.82, 2.24) is 0 Å². The zero-order valence-corrected chi connectivity index (χ0v) is 12.5. The number of hydrogen-bond donors (Lipinski definition) is 1. The van der Waals surface area contributed by atoms with Gasteiger partial charge >= 0.3 is 5.97 Å². The molecule has 0 bridgehead atoms. The second-order valence-corrected chi connectivity index (χ2v) is 5.41. The number of rotatable bonds is 5. The average molecular weight is 266 g/mol. The minimum absolute atomic E-state index is 0.0381. The maximum absolute atomic E-state index is 11.0. The first-order valence-electron chi connectivity index (χ1n) is 6.19. The van der Waals surface area contributed by atoms with Crippen LogP contribution in [-0.4, -0.2) is 25.3 Å². The molecule has 0 unspecified atom stereocenters. The summed E-state index contributed by atoms with van der Waals surface area (Å²) >= 11 is 0. The molecule has 0 heterocycles. The second-order valence-electron chi connectivity index (χ2n) is 5.41. The summed E-state index contributed by atoms with van der Waals surface area (Å²) in [5.41, 5.74) is 2.36. The molecule has 0 saturated heterocycles. The topological polar surface area (TPSA) is 55.8 Å². The van der Waals surface area contributed by atoms with E-state index in [0.717, 1.165) is 16.7 Å². The van der Waals surface area contributed by atoms with E-state index >= 15 is 0 Å². The lowest BCUT2D eigenvalue weighted by atomic mass is 9.78. The molecule has 4 nitrogen and oxygen atoms in total. The third-order valence-corrected chi connectivity index (χ3v) is 3.30. The van der Waals surface area contributed by atoms with E-state index in [4.69, 9.17) is 14.6 Å². The molecule has 0 aliphatic carbocycles. The highest BCUT2D eigenvalue weighted by Gasteiger charge is 2.31. The molecular weight excluding hydrogens is 244 g/mol. The Hall–Kier alpha value is -1.71. The lowest BCUT2D eigenvalue weighted by molar-refractivity contribution is -0.138. The predicted octanol–water partition coefficient (Wildman–Crippen LogP) is 3.07. The van der Waals surface area contributed by atoms with Crippen molar-refractivity contribution in [2.24, 2.45) is 0 Å². The smallest absolute Gasteiger partial charge is 0.304 e. The van der Waals surface area contributed by atoms with Crippen molar-refractivity contribution in [3.05, 3.63) is 22.8 Å². The number of carbonyl (C=O) groups is 1. The van der Waals surface area contributed by atoms with Gasteiger partial charge in [0.25, 0.3) is 0 Å². The molecule has 0 aliphatic heterocycles. The summed E-state index contributed by atoms with van der Waals surface area (Å²) in [5.74, 6) is 0.471. The van der Waals surface area contributed by atoms with E-state index in [2.05, 4.69) is 0 Å². The van der Waals surface area contributed by atoms with E-state index in [1.54, 1.807) is 14.2 Å². The van der Waals surface area contributed by atoms with Crippen molar-refractivity contribution in [1.29, 1.82) is 0 Å². The fourth-order valence-corrected chi connectivity index (χ4v) is 2.69. The van der Waals surface area contributed by atoms with Gasteiger partial charge in [-0.15, -0.1) is 0 Å². The molecule has 1 aromatic rings. The Morgan fingerprint density at radius 3 is 2.11 bits per heavy atom. The van der Waals surface area contributed by atoms with Crippen LogP contribution in [0.4, 0.5) is 0 Å². The molecule has 0 radical (unpaired) electrons. The molecule has 0 fully saturated rings. The van der Waals surface area contributed by atoms with Gasteiger partial charge in [-0.25, -0.2) is 0 Å². The van der Waals surface area contributed by atoms with Gasteiger partial charge in [0.2, 0.25) is 0 Å². The van der Waals surface area contributed by atoms with Crippen LogP contribution in [0.5, 0.6) is 11.5 Å². The Kier molecular flexibility index (Phi) is 4.45. The fourth-order valence-electron chi connectivity index (χ4n) is 2.69. The number of hydrogen-bond acceptors (Lipinski definition) is 3. The standard InChI is InChI=1S/C15H22O4/c1-9-7-10(2)13(18-5)14(19-6)12(9)15(3,4)8-11(16)17/h7H,8H2,1-6H3,(H,16,17). The number of aryl methyl sites for hydroxylation is 2. The second kappa shape index (κ2) is 5.51. The Morgan fingerprint density at radius 1 is 1.16 bits per heavy atom. The monoisotopic (exact) mass is 266 g/mol. The van der Waals surface area contributed by atoms with Crippen LogP contribution in [0, 0.1) is 13.8 Å². The van der Waals surface area contributed by atoms with Gasteiger partial charge < -0.3 is 14.6 Å². The van der Waals surface area contributed by atoms with E-state index in [-0.39, 0.29) is 6.42 Å². The molecule has 0 saturated carbocycles. The number of ether oxygens (including phenoxy) is 2. The van der Waals surface area contributed by atoms with Crippen molar-refractivity contribution in [3.8, 4) is 11.5 Å². The largest absolute Gasteiger partial charge is 0.493 e. The molecule has 1 N–H and O–H groups in total. The molecule has 106 valence electrons. The lowest BCUT2D eigenvalue weighted by Crippen LogP contribution is -2.24. The van der Waals surface area contributed by atoms with Crippen molar-refractivity contribution < 1.29 is 19.4 Å². The zero-order chi connectivity index (χ0) is 14.8. The summed E-state index contributed by atoms with van der Waals surface area (Å²) in [6, 6.07) is 2.00. The Labute approximate surface area is 114 Å². The summed E-state index contributed by atoms with van der Waals surface area (Å²) in [6.07, 6.45) is 0.0381. The molecular formula is C15H22O4. The first kappa shape index (κ1) is 15.3. The summed E-state index contributed by atoms with van der Waals surface area (Å²) in [6.45, 7) is 7.72. The molecule has 0 aliphatic rings. The van der Waals surface area contributed by atoms with Crippen LogP contribution >= 0.6 is 0 Å². The Balaban J connectivity index is 3.53. The summed E-state index contributed by atoms with van der Waals surface area (Å²) in [7, 11) is 3.17. The maximum atomic E-state index is 11.0. The van der Waals surface area contributed by atoms with Gasteiger partial charge in [0, 0.05) is 11.0 Å². The maximum Gasteiger partial charge on any atom is 0.304 e. The minimum Gasteiger partial charge on any atom is -0.493 e. The van der Waals surface area contributed by atoms with Crippen LogP contribution in [0.2, 0.25) is 0 Å². The third kappa shape index (κ3) is 3.00.